The van der Waals surface area contributed by atoms with Crippen molar-refractivity contribution in [1.82, 2.24) is 15.1 Å². The normalized spacial score (nSPS) is 41.9. The highest BCUT2D eigenvalue weighted by Gasteiger charge is 2.72. The number of nitrogens with one attached hydrogen (secondary N) is 1. The van der Waals surface area contributed by atoms with Crippen molar-refractivity contribution in [1.29, 1.82) is 0 Å². The van der Waals surface area contributed by atoms with Crippen molar-refractivity contribution in [3.63, 3.8) is 0 Å². The number of hydrogen-bond acceptors (Lipinski definition) is 4. The van der Waals surface area contributed by atoms with Crippen LogP contribution in [0.2, 0.25) is 0 Å². The van der Waals surface area contributed by atoms with Gasteiger partial charge in [0.15, 0.2) is 0 Å². The number of amides is 2. The predicted octanol–water partition coefficient (Wildman–Crippen LogP) is 0.182. The Balaban J connectivity index is 1.42. The predicted molar refractivity (Wildman–Crippen MR) is 71.1 cm³/mol. The fourth-order valence-corrected chi connectivity index (χ4v) is 4.81. The maximum atomic E-state index is 12.5. The Hall–Kier alpha value is -1.30. The van der Waals surface area contributed by atoms with Crippen LogP contribution in [-0.4, -0.2) is 66.7 Å². The van der Waals surface area contributed by atoms with Crippen LogP contribution in [-0.2, 0) is 9.53 Å². The molecule has 0 aromatic rings. The molecule has 6 heteroatoms. The summed E-state index contributed by atoms with van der Waals surface area (Å²) in [7, 11) is 1.44. The zero-order chi connectivity index (χ0) is 14.0. The number of nitrogens with zero attached hydrogens (tertiary/aromatic N) is 2. The molecular formula is C14H21N3O3. The third-order valence-electron chi connectivity index (χ3n) is 5.65. The number of hydrogen-bond donors (Lipinski definition) is 1. The van der Waals surface area contributed by atoms with Gasteiger partial charge in [0.2, 0.25) is 0 Å². The zero-order valence-corrected chi connectivity index (χ0v) is 11.9. The first-order chi connectivity index (χ1) is 9.57. The van der Waals surface area contributed by atoms with Gasteiger partial charge in [-0.2, -0.15) is 0 Å². The molecule has 5 rings (SSSR count). The molecule has 0 unspecified atom stereocenters. The molecule has 0 spiro atoms. The molecule has 5 aliphatic rings. The molecular weight excluding hydrogens is 258 g/mol. The largest absolute Gasteiger partial charge is 0.469 e. The van der Waals surface area contributed by atoms with E-state index in [9.17, 15) is 9.59 Å². The Morgan fingerprint density at radius 1 is 1.45 bits per heavy atom. The maximum absolute atomic E-state index is 12.5. The smallest absolute Gasteiger partial charge is 0.320 e. The van der Waals surface area contributed by atoms with Crippen LogP contribution in [0.3, 0.4) is 0 Å². The van der Waals surface area contributed by atoms with Crippen LogP contribution in [0.15, 0.2) is 0 Å². The lowest BCUT2D eigenvalue weighted by molar-refractivity contribution is -0.209. The molecule has 2 amide bonds. The van der Waals surface area contributed by atoms with E-state index in [1.165, 1.54) is 7.11 Å². The minimum Gasteiger partial charge on any atom is -0.469 e. The molecule has 1 atom stereocenters. The van der Waals surface area contributed by atoms with Crippen molar-refractivity contribution in [2.75, 3.05) is 33.3 Å². The Morgan fingerprint density at radius 2 is 2.20 bits per heavy atom. The number of methoxy groups -OCH3 is 1. The van der Waals surface area contributed by atoms with Gasteiger partial charge in [-0.3, -0.25) is 4.79 Å². The molecule has 1 N–H and O–H groups in total. The summed E-state index contributed by atoms with van der Waals surface area (Å²) in [6.45, 7) is 3.48. The number of carbonyl (C=O) groups excluding carboxylic acids is 2. The highest BCUT2D eigenvalue weighted by Crippen LogP contribution is 2.72. The Bertz CT molecular complexity index is 459. The number of ether oxygens (including phenoxy) is 1. The van der Waals surface area contributed by atoms with Crippen LogP contribution in [0.1, 0.15) is 25.7 Å². The fraction of sp³-hybridized carbons (Fsp3) is 0.857. The Kier molecular flexibility index (Phi) is 2.41. The van der Waals surface area contributed by atoms with Crippen molar-refractivity contribution in [2.24, 2.45) is 5.41 Å². The molecule has 0 aromatic heterocycles. The van der Waals surface area contributed by atoms with Gasteiger partial charge in [0.25, 0.3) is 0 Å². The lowest BCUT2D eigenvalue weighted by Gasteiger charge is -2.73. The van der Waals surface area contributed by atoms with Crippen molar-refractivity contribution >= 4 is 12.0 Å². The van der Waals surface area contributed by atoms with Gasteiger partial charge in [0.05, 0.1) is 19.6 Å². The van der Waals surface area contributed by atoms with Crippen LogP contribution >= 0.6 is 0 Å². The maximum Gasteiger partial charge on any atom is 0.320 e. The van der Waals surface area contributed by atoms with E-state index < -0.39 is 0 Å². The molecule has 0 radical (unpaired) electrons. The zero-order valence-electron chi connectivity index (χ0n) is 11.9. The van der Waals surface area contributed by atoms with E-state index in [2.05, 4.69) is 10.2 Å². The SMILES string of the molecule is COC(=O)CC12CC(N3C[C@@H]4CNCCN4C3=O)(C1)C2. The molecule has 2 saturated heterocycles. The van der Waals surface area contributed by atoms with Gasteiger partial charge in [-0.1, -0.05) is 0 Å². The number of fused-ring (bicyclic) bond motifs is 1. The van der Waals surface area contributed by atoms with Gasteiger partial charge in [-0.05, 0) is 24.7 Å². The molecule has 0 aromatic carbocycles. The van der Waals surface area contributed by atoms with Crippen LogP contribution in [0.25, 0.3) is 0 Å². The van der Waals surface area contributed by atoms with Gasteiger partial charge in [0.1, 0.15) is 0 Å². The lowest BCUT2D eigenvalue weighted by Crippen LogP contribution is -2.75. The van der Waals surface area contributed by atoms with Gasteiger partial charge in [-0.25, -0.2) is 4.79 Å². The van der Waals surface area contributed by atoms with Crippen LogP contribution in [0.5, 0.6) is 0 Å². The fourth-order valence-electron chi connectivity index (χ4n) is 4.81. The minimum atomic E-state index is -0.118. The minimum absolute atomic E-state index is 0.0580. The van der Waals surface area contributed by atoms with E-state index in [1.54, 1.807) is 0 Å². The summed E-state index contributed by atoms with van der Waals surface area (Å²) in [5.41, 5.74) is 0.192. The van der Waals surface area contributed by atoms with Crippen molar-refractivity contribution in [3.05, 3.63) is 0 Å². The molecule has 2 heterocycles. The van der Waals surface area contributed by atoms with Crippen molar-refractivity contribution < 1.29 is 14.3 Å². The standard InChI is InChI=1S/C14H21N3O3/c1-20-11(18)4-13-7-14(8-13,9-13)17-6-10-5-15-2-3-16(10)12(17)19/h10,15H,2-9H2,1H3/t10-,13?,14?/m0/s1. The summed E-state index contributed by atoms with van der Waals surface area (Å²) in [5.74, 6) is -0.118. The quantitative estimate of drug-likeness (QED) is 0.749. The highest BCUT2D eigenvalue weighted by atomic mass is 16.5. The van der Waals surface area contributed by atoms with E-state index >= 15 is 0 Å². The van der Waals surface area contributed by atoms with E-state index in [0.29, 0.717) is 12.5 Å². The number of carbonyl (C=O) groups is 2. The molecule has 20 heavy (non-hydrogen) atoms. The second kappa shape index (κ2) is 3.87. The molecule has 3 aliphatic carbocycles. The van der Waals surface area contributed by atoms with Crippen LogP contribution in [0, 0.1) is 5.41 Å². The lowest BCUT2D eigenvalue weighted by atomic mass is 9.38. The molecule has 5 fully saturated rings. The first-order valence-electron chi connectivity index (χ1n) is 7.43. The average molecular weight is 279 g/mol. The summed E-state index contributed by atoms with van der Waals surface area (Å²) in [5, 5.41) is 3.36. The van der Waals surface area contributed by atoms with Crippen LogP contribution < -0.4 is 5.32 Å². The second-order valence-corrected chi connectivity index (χ2v) is 6.95. The molecule has 2 bridgehead atoms. The monoisotopic (exact) mass is 279 g/mol. The molecule has 2 aliphatic heterocycles. The number of esters is 1. The molecule has 110 valence electrons. The van der Waals surface area contributed by atoms with E-state index in [1.807, 2.05) is 4.90 Å². The van der Waals surface area contributed by atoms with Crippen LogP contribution in [0.4, 0.5) is 4.79 Å². The van der Waals surface area contributed by atoms with Gasteiger partial charge in [-0.15, -0.1) is 0 Å². The van der Waals surface area contributed by atoms with E-state index in [4.69, 9.17) is 4.74 Å². The van der Waals surface area contributed by atoms with Crippen molar-refractivity contribution in [3.8, 4) is 0 Å². The summed E-state index contributed by atoms with van der Waals surface area (Å²) in [4.78, 5) is 28.0. The average Bonchev–Trinajstić information content (AvgIpc) is 2.70. The summed E-state index contributed by atoms with van der Waals surface area (Å²) in [6, 6.07) is 0.546. The third-order valence-corrected chi connectivity index (χ3v) is 5.65. The first kappa shape index (κ1) is 12.4. The number of piperazine rings is 1. The second-order valence-electron chi connectivity index (χ2n) is 6.95. The summed E-state index contributed by atoms with van der Waals surface area (Å²) >= 11 is 0. The van der Waals surface area contributed by atoms with Gasteiger partial charge >= 0.3 is 12.0 Å². The molecule has 6 nitrogen and oxygen atoms in total. The number of rotatable bonds is 3. The summed E-state index contributed by atoms with van der Waals surface area (Å²) < 4.78 is 4.77. The van der Waals surface area contributed by atoms with Crippen molar-refractivity contribution in [2.45, 2.75) is 37.3 Å². The number of urea groups is 1. The topological polar surface area (TPSA) is 61.9 Å². The van der Waals surface area contributed by atoms with E-state index in [-0.39, 0.29) is 23.0 Å². The summed E-state index contributed by atoms with van der Waals surface area (Å²) in [6.07, 6.45) is 3.46. The molecule has 3 saturated carbocycles. The van der Waals surface area contributed by atoms with E-state index in [0.717, 1.165) is 45.4 Å². The first-order valence-corrected chi connectivity index (χ1v) is 7.43. The Morgan fingerprint density at radius 3 is 2.85 bits per heavy atom. The highest BCUT2D eigenvalue weighted by molar-refractivity contribution is 5.79. The Labute approximate surface area is 118 Å². The van der Waals surface area contributed by atoms with Gasteiger partial charge < -0.3 is 19.9 Å². The van der Waals surface area contributed by atoms with Gasteiger partial charge in [0, 0.05) is 31.7 Å². The third kappa shape index (κ3) is 1.48.